The van der Waals surface area contributed by atoms with E-state index in [1.54, 1.807) is 11.3 Å². The Morgan fingerprint density at radius 2 is 2.31 bits per heavy atom. The molecule has 4 heteroatoms. The van der Waals surface area contributed by atoms with Crippen LogP contribution in [0.4, 0.5) is 0 Å². The Morgan fingerprint density at radius 1 is 1.54 bits per heavy atom. The largest absolute Gasteiger partial charge is 0.323 e. The van der Waals surface area contributed by atoms with Crippen LogP contribution in [0.2, 0.25) is 0 Å². The lowest BCUT2D eigenvalue weighted by molar-refractivity contribution is -0.116. The van der Waals surface area contributed by atoms with Crippen LogP contribution in [0.1, 0.15) is 23.9 Å². The molecule has 0 unspecified atom stereocenters. The number of amides is 1. The van der Waals surface area contributed by atoms with Gasteiger partial charge in [-0.15, -0.1) is 11.3 Å². The first-order valence-electron chi connectivity index (χ1n) is 4.41. The highest BCUT2D eigenvalue weighted by Gasteiger charge is 2.16. The molecule has 1 aromatic rings. The number of hydrogen-bond donors (Lipinski definition) is 0. The number of carbonyl (C=O) groups excluding carboxylic acids is 1. The minimum atomic E-state index is -0.115. The van der Waals surface area contributed by atoms with Gasteiger partial charge in [-0.3, -0.25) is 4.79 Å². The number of fused-ring (bicyclic) bond motifs is 1. The van der Waals surface area contributed by atoms with Crippen LogP contribution in [-0.4, -0.2) is 10.5 Å². The smallest absolute Gasteiger partial charge is 0.245 e. The Kier molecular flexibility index (Phi) is 2.07. The number of hydrogen-bond acceptors (Lipinski definition) is 2. The van der Waals surface area contributed by atoms with Crippen molar-refractivity contribution >= 4 is 17.2 Å². The Hall–Kier alpha value is -0.900. The molecular formula is C9H12N2OS. The molecule has 1 aliphatic carbocycles. The molecule has 0 bridgehead atoms. The average Bonchev–Trinajstić information content (AvgIpc) is 2.56. The molecule has 2 rings (SSSR count). The molecule has 0 saturated carbocycles. The van der Waals surface area contributed by atoms with E-state index in [9.17, 15) is 4.79 Å². The first-order chi connectivity index (χ1) is 6.18. The SMILES string of the molecule is CC(=O)N=c1sc2c(n1C)CCC2. The van der Waals surface area contributed by atoms with E-state index in [0.717, 1.165) is 17.6 Å². The molecule has 1 aromatic heterocycles. The molecule has 0 radical (unpaired) electrons. The predicted molar refractivity (Wildman–Crippen MR) is 51.6 cm³/mol. The molecule has 3 nitrogen and oxygen atoms in total. The molecule has 0 spiro atoms. The van der Waals surface area contributed by atoms with Gasteiger partial charge >= 0.3 is 0 Å². The van der Waals surface area contributed by atoms with Gasteiger partial charge in [0.05, 0.1) is 0 Å². The van der Waals surface area contributed by atoms with Crippen molar-refractivity contribution in [1.29, 1.82) is 0 Å². The number of thiazole rings is 1. The van der Waals surface area contributed by atoms with Crippen molar-refractivity contribution in [3.05, 3.63) is 15.4 Å². The summed E-state index contributed by atoms with van der Waals surface area (Å²) in [4.78, 5) is 17.0. The van der Waals surface area contributed by atoms with Gasteiger partial charge < -0.3 is 4.57 Å². The second-order valence-electron chi connectivity index (χ2n) is 3.30. The summed E-state index contributed by atoms with van der Waals surface area (Å²) in [6, 6.07) is 0. The van der Waals surface area contributed by atoms with Crippen LogP contribution in [0.15, 0.2) is 4.99 Å². The molecule has 0 aliphatic heterocycles. The van der Waals surface area contributed by atoms with Crippen LogP contribution < -0.4 is 4.80 Å². The van der Waals surface area contributed by atoms with Crippen LogP contribution in [0.25, 0.3) is 0 Å². The zero-order valence-electron chi connectivity index (χ0n) is 7.83. The highest BCUT2D eigenvalue weighted by molar-refractivity contribution is 7.09. The molecule has 0 N–H and O–H groups in total. The van der Waals surface area contributed by atoms with Gasteiger partial charge in [-0.05, 0) is 19.3 Å². The number of aryl methyl sites for hydroxylation is 1. The predicted octanol–water partition coefficient (Wildman–Crippen LogP) is 1.02. The normalized spacial score (nSPS) is 16.3. The van der Waals surface area contributed by atoms with Gasteiger partial charge in [0, 0.05) is 24.5 Å². The van der Waals surface area contributed by atoms with E-state index in [-0.39, 0.29) is 5.91 Å². The minimum absolute atomic E-state index is 0.115. The second-order valence-corrected chi connectivity index (χ2v) is 4.36. The van der Waals surface area contributed by atoms with Gasteiger partial charge in [0.2, 0.25) is 5.91 Å². The molecule has 0 fully saturated rings. The van der Waals surface area contributed by atoms with Crippen molar-refractivity contribution in [2.75, 3.05) is 0 Å². The Balaban J connectivity index is 2.57. The van der Waals surface area contributed by atoms with E-state index in [2.05, 4.69) is 9.56 Å². The molecule has 0 aromatic carbocycles. The number of aromatic nitrogens is 1. The van der Waals surface area contributed by atoms with Gasteiger partial charge in [-0.2, -0.15) is 4.99 Å². The Labute approximate surface area is 80.7 Å². The van der Waals surface area contributed by atoms with E-state index >= 15 is 0 Å². The van der Waals surface area contributed by atoms with Crippen molar-refractivity contribution in [3.63, 3.8) is 0 Å². The highest BCUT2D eigenvalue weighted by atomic mass is 32.1. The third-order valence-electron chi connectivity index (χ3n) is 2.30. The summed E-state index contributed by atoms with van der Waals surface area (Å²) in [5, 5.41) is 0. The lowest BCUT2D eigenvalue weighted by atomic mass is 10.4. The number of nitrogens with zero attached hydrogens (tertiary/aromatic N) is 2. The maximum Gasteiger partial charge on any atom is 0.245 e. The van der Waals surface area contributed by atoms with Crippen molar-refractivity contribution in [2.24, 2.45) is 12.0 Å². The molecular weight excluding hydrogens is 184 g/mol. The van der Waals surface area contributed by atoms with Crippen molar-refractivity contribution < 1.29 is 4.79 Å². The topological polar surface area (TPSA) is 34.4 Å². The molecule has 1 aliphatic rings. The van der Waals surface area contributed by atoms with E-state index in [1.807, 2.05) is 7.05 Å². The third-order valence-corrected chi connectivity index (χ3v) is 3.53. The Morgan fingerprint density at radius 3 is 2.92 bits per heavy atom. The fourth-order valence-corrected chi connectivity index (χ4v) is 2.94. The van der Waals surface area contributed by atoms with Crippen LogP contribution in [0.3, 0.4) is 0 Å². The fourth-order valence-electron chi connectivity index (χ4n) is 1.69. The van der Waals surface area contributed by atoms with Gasteiger partial charge in [0.1, 0.15) is 0 Å². The maximum absolute atomic E-state index is 10.8. The molecule has 0 saturated heterocycles. The quantitative estimate of drug-likeness (QED) is 0.610. The summed E-state index contributed by atoms with van der Waals surface area (Å²) in [6.45, 7) is 1.49. The van der Waals surface area contributed by atoms with E-state index in [0.29, 0.717) is 0 Å². The maximum atomic E-state index is 10.8. The molecule has 1 heterocycles. The van der Waals surface area contributed by atoms with Crippen LogP contribution >= 0.6 is 11.3 Å². The summed E-state index contributed by atoms with van der Waals surface area (Å²) in [5.41, 5.74) is 1.37. The fraction of sp³-hybridized carbons (Fsp3) is 0.556. The van der Waals surface area contributed by atoms with Crippen LogP contribution in [0.5, 0.6) is 0 Å². The third kappa shape index (κ3) is 1.46. The summed E-state index contributed by atoms with van der Waals surface area (Å²) in [7, 11) is 1.99. The van der Waals surface area contributed by atoms with Gasteiger partial charge in [-0.1, -0.05) is 0 Å². The van der Waals surface area contributed by atoms with E-state index in [4.69, 9.17) is 0 Å². The van der Waals surface area contributed by atoms with Crippen molar-refractivity contribution in [2.45, 2.75) is 26.2 Å². The summed E-state index contributed by atoms with van der Waals surface area (Å²) in [6.07, 6.45) is 3.53. The number of carbonyl (C=O) groups is 1. The molecule has 13 heavy (non-hydrogen) atoms. The average molecular weight is 196 g/mol. The summed E-state index contributed by atoms with van der Waals surface area (Å²) in [5.74, 6) is -0.115. The summed E-state index contributed by atoms with van der Waals surface area (Å²) < 4.78 is 2.05. The Bertz CT molecular complexity index is 414. The lowest BCUT2D eigenvalue weighted by Crippen LogP contribution is -2.14. The second kappa shape index (κ2) is 3.10. The van der Waals surface area contributed by atoms with Gasteiger partial charge in [-0.25, -0.2) is 0 Å². The standard InChI is InChI=1S/C9H12N2OS/c1-6(12)10-9-11(2)7-4-3-5-8(7)13-9/h3-5H2,1-2H3. The molecule has 1 amide bonds. The molecule has 70 valence electrons. The first kappa shape index (κ1) is 8.69. The van der Waals surface area contributed by atoms with Crippen LogP contribution in [0, 0.1) is 0 Å². The highest BCUT2D eigenvalue weighted by Crippen LogP contribution is 2.23. The number of rotatable bonds is 0. The zero-order valence-corrected chi connectivity index (χ0v) is 8.65. The van der Waals surface area contributed by atoms with Crippen LogP contribution in [-0.2, 0) is 24.7 Å². The van der Waals surface area contributed by atoms with Crippen molar-refractivity contribution in [1.82, 2.24) is 4.57 Å². The van der Waals surface area contributed by atoms with Crippen molar-refractivity contribution in [3.8, 4) is 0 Å². The minimum Gasteiger partial charge on any atom is -0.323 e. The summed E-state index contributed by atoms with van der Waals surface area (Å²) >= 11 is 1.65. The lowest BCUT2D eigenvalue weighted by Gasteiger charge is -1.95. The van der Waals surface area contributed by atoms with E-state index < -0.39 is 0 Å². The van der Waals surface area contributed by atoms with Gasteiger partial charge in [0.15, 0.2) is 4.80 Å². The molecule has 0 atom stereocenters. The van der Waals surface area contributed by atoms with Gasteiger partial charge in [0.25, 0.3) is 0 Å². The first-order valence-corrected chi connectivity index (χ1v) is 5.23. The zero-order chi connectivity index (χ0) is 9.42. The van der Waals surface area contributed by atoms with E-state index in [1.165, 1.54) is 23.9 Å². The monoisotopic (exact) mass is 196 g/mol.